The highest BCUT2D eigenvalue weighted by Gasteiger charge is 2.18. The molecule has 0 fully saturated rings. The highest BCUT2D eigenvalue weighted by molar-refractivity contribution is 5.76. The van der Waals surface area contributed by atoms with Crippen molar-refractivity contribution in [2.24, 2.45) is 0 Å². The number of aliphatic hydroxyl groups is 2. The van der Waals surface area contributed by atoms with Crippen molar-refractivity contribution in [3.63, 3.8) is 0 Å². The normalized spacial score (nSPS) is 12.8. The highest BCUT2D eigenvalue weighted by Crippen LogP contribution is 2.17. The predicted octanol–water partition coefficient (Wildman–Crippen LogP) is 19.6. The first-order valence-electron chi connectivity index (χ1n) is 31.3. The quantitative estimate of drug-likeness (QED) is 0.0321. The molecule has 0 heterocycles. The third-order valence-electron chi connectivity index (χ3n) is 14.4. The summed E-state index contributed by atoms with van der Waals surface area (Å²) in [5.74, 6) is -0.112. The lowest BCUT2D eigenvalue weighted by molar-refractivity contribution is -0.143. The van der Waals surface area contributed by atoms with Crippen molar-refractivity contribution < 1.29 is 24.5 Å². The van der Waals surface area contributed by atoms with E-state index >= 15 is 0 Å². The second-order valence-electron chi connectivity index (χ2n) is 21.4. The summed E-state index contributed by atoms with van der Waals surface area (Å²) >= 11 is 0. The van der Waals surface area contributed by atoms with Crippen LogP contribution in [0.2, 0.25) is 0 Å². The molecule has 2 atom stereocenters. The Hall–Kier alpha value is -1.92. The molecule has 2 unspecified atom stereocenters. The molecule has 0 aliphatic carbocycles. The van der Waals surface area contributed by atoms with Crippen LogP contribution in [0.4, 0.5) is 0 Å². The molecule has 0 saturated heterocycles. The van der Waals surface area contributed by atoms with Gasteiger partial charge in [-0.2, -0.15) is 0 Å². The van der Waals surface area contributed by atoms with Gasteiger partial charge >= 0.3 is 5.97 Å². The molecule has 70 heavy (non-hydrogen) atoms. The Kier molecular flexibility index (Phi) is 58.0. The maximum atomic E-state index is 12.5. The van der Waals surface area contributed by atoms with E-state index in [9.17, 15) is 19.8 Å². The van der Waals surface area contributed by atoms with Crippen LogP contribution in [0.25, 0.3) is 0 Å². The standard InChI is InChI=1S/C64H121NO5/c1-3-5-7-9-11-13-15-17-19-21-22-23-24-25-26-28-29-32-36-40-44-48-52-56-62(67)61(60-66)65-63(68)57-53-49-45-41-37-33-31-35-39-43-47-51-55-59-70-64(69)58-54-50-46-42-38-34-30-27-20-18-16-14-12-10-8-6-4-2/h18,20,33,37,52,56,61-62,66-67H,3-17,19,21-32,34-36,38-51,53-55,57-60H2,1-2H3,(H,65,68)/b20-18-,37-33-,56-52+. The van der Waals surface area contributed by atoms with Crippen molar-refractivity contribution in [3.05, 3.63) is 36.5 Å². The number of carbonyl (C=O) groups excluding carboxylic acids is 2. The molecule has 6 nitrogen and oxygen atoms in total. The summed E-state index contributed by atoms with van der Waals surface area (Å²) in [6.45, 7) is 4.88. The van der Waals surface area contributed by atoms with E-state index in [0.717, 1.165) is 70.6 Å². The number of hydrogen-bond acceptors (Lipinski definition) is 5. The number of nitrogens with one attached hydrogen (secondary N) is 1. The van der Waals surface area contributed by atoms with Crippen LogP contribution in [0.5, 0.6) is 0 Å². The molecule has 0 rings (SSSR count). The van der Waals surface area contributed by atoms with Crippen molar-refractivity contribution >= 4 is 11.9 Å². The molecule has 0 aromatic rings. The molecule has 0 aliphatic heterocycles. The third-order valence-corrected chi connectivity index (χ3v) is 14.4. The molecule has 0 saturated carbocycles. The van der Waals surface area contributed by atoms with Crippen LogP contribution in [0.1, 0.15) is 335 Å². The van der Waals surface area contributed by atoms with Gasteiger partial charge in [-0.3, -0.25) is 9.59 Å². The zero-order valence-electron chi connectivity index (χ0n) is 47.0. The highest BCUT2D eigenvalue weighted by atomic mass is 16.5. The van der Waals surface area contributed by atoms with E-state index in [-0.39, 0.29) is 18.5 Å². The van der Waals surface area contributed by atoms with Gasteiger partial charge in [0.2, 0.25) is 5.91 Å². The van der Waals surface area contributed by atoms with Gasteiger partial charge < -0.3 is 20.3 Å². The maximum absolute atomic E-state index is 12.5. The molecular formula is C64H121NO5. The molecule has 0 aliphatic rings. The zero-order chi connectivity index (χ0) is 50.7. The number of aliphatic hydroxyl groups excluding tert-OH is 2. The van der Waals surface area contributed by atoms with E-state index in [4.69, 9.17) is 4.74 Å². The van der Waals surface area contributed by atoms with Crippen molar-refractivity contribution in [2.75, 3.05) is 13.2 Å². The number of ether oxygens (including phenoxy) is 1. The molecule has 3 N–H and O–H groups in total. The lowest BCUT2D eigenvalue weighted by atomic mass is 10.0. The summed E-state index contributed by atoms with van der Waals surface area (Å²) in [7, 11) is 0. The molecular weight excluding hydrogens is 863 g/mol. The van der Waals surface area contributed by atoms with E-state index in [1.807, 2.05) is 6.08 Å². The molecule has 412 valence electrons. The SMILES string of the molecule is CCCCCCCC/C=C\CCCCCCCCCC(=O)OCCCCCCCC/C=C\CCCCCC(=O)NC(CO)C(O)/C=C/CCCCCCCCCCCCCCCCCCCCCCC. The number of amides is 1. The number of hydrogen-bond donors (Lipinski definition) is 3. The van der Waals surface area contributed by atoms with Gasteiger partial charge in [-0.15, -0.1) is 0 Å². The molecule has 6 heteroatoms. The number of allylic oxidation sites excluding steroid dienone is 5. The summed E-state index contributed by atoms with van der Waals surface area (Å²) in [5, 5.41) is 23.2. The average Bonchev–Trinajstić information content (AvgIpc) is 3.36. The molecule has 0 aromatic carbocycles. The average molecular weight is 985 g/mol. The minimum absolute atomic E-state index is 0.0169. The van der Waals surface area contributed by atoms with Crippen LogP contribution in [0, 0.1) is 0 Å². The van der Waals surface area contributed by atoms with Crippen LogP contribution >= 0.6 is 0 Å². The smallest absolute Gasteiger partial charge is 0.305 e. The van der Waals surface area contributed by atoms with Crippen molar-refractivity contribution in [1.82, 2.24) is 5.32 Å². The van der Waals surface area contributed by atoms with Crippen LogP contribution < -0.4 is 5.32 Å². The van der Waals surface area contributed by atoms with Gasteiger partial charge in [-0.25, -0.2) is 0 Å². The summed E-state index contributed by atoms with van der Waals surface area (Å²) in [4.78, 5) is 24.6. The Bertz CT molecular complexity index is 1130. The second-order valence-corrected chi connectivity index (χ2v) is 21.4. The van der Waals surface area contributed by atoms with Gasteiger partial charge in [0.1, 0.15) is 0 Å². The predicted molar refractivity (Wildman–Crippen MR) is 306 cm³/mol. The van der Waals surface area contributed by atoms with E-state index in [2.05, 4.69) is 43.5 Å². The first-order valence-corrected chi connectivity index (χ1v) is 31.3. The molecule has 0 radical (unpaired) electrons. The molecule has 0 aromatic heterocycles. The maximum Gasteiger partial charge on any atom is 0.305 e. The van der Waals surface area contributed by atoms with Crippen molar-refractivity contribution in [2.45, 2.75) is 347 Å². The van der Waals surface area contributed by atoms with E-state index in [0.29, 0.717) is 19.4 Å². The fraction of sp³-hybridized carbons (Fsp3) is 0.875. The van der Waals surface area contributed by atoms with E-state index < -0.39 is 12.1 Å². The van der Waals surface area contributed by atoms with Crippen molar-refractivity contribution in [1.29, 1.82) is 0 Å². The Morgan fingerprint density at radius 3 is 1.03 bits per heavy atom. The van der Waals surface area contributed by atoms with Gasteiger partial charge in [0.15, 0.2) is 0 Å². The van der Waals surface area contributed by atoms with Crippen LogP contribution in [-0.4, -0.2) is 47.4 Å². The summed E-state index contributed by atoms with van der Waals surface area (Å²) in [6, 6.07) is -0.650. The van der Waals surface area contributed by atoms with Gasteiger partial charge in [-0.1, -0.05) is 275 Å². The number of carbonyl (C=O) groups is 2. The van der Waals surface area contributed by atoms with E-state index in [1.54, 1.807) is 6.08 Å². The Morgan fingerprint density at radius 2 is 0.671 bits per heavy atom. The number of unbranched alkanes of at least 4 members (excludes halogenated alkanes) is 43. The molecule has 0 bridgehead atoms. The van der Waals surface area contributed by atoms with Crippen LogP contribution in [-0.2, 0) is 14.3 Å². The van der Waals surface area contributed by atoms with Crippen LogP contribution in [0.15, 0.2) is 36.5 Å². The zero-order valence-corrected chi connectivity index (χ0v) is 47.0. The summed E-state index contributed by atoms with van der Waals surface area (Å²) in [5.41, 5.74) is 0. The second kappa shape index (κ2) is 59.6. The lowest BCUT2D eigenvalue weighted by Gasteiger charge is -2.19. The van der Waals surface area contributed by atoms with Gasteiger partial charge in [0.05, 0.1) is 25.4 Å². The Morgan fingerprint density at radius 1 is 0.386 bits per heavy atom. The Balaban J connectivity index is 3.51. The minimum atomic E-state index is -0.863. The fourth-order valence-electron chi connectivity index (χ4n) is 9.57. The Labute approximate surface area is 436 Å². The first kappa shape index (κ1) is 68.1. The van der Waals surface area contributed by atoms with E-state index in [1.165, 1.54) is 238 Å². The number of rotatable bonds is 58. The monoisotopic (exact) mass is 984 g/mol. The molecule has 0 spiro atoms. The molecule has 1 amide bonds. The van der Waals surface area contributed by atoms with Crippen molar-refractivity contribution in [3.8, 4) is 0 Å². The minimum Gasteiger partial charge on any atom is -0.466 e. The fourth-order valence-corrected chi connectivity index (χ4v) is 9.57. The van der Waals surface area contributed by atoms with Gasteiger partial charge in [-0.05, 0) is 83.5 Å². The topological polar surface area (TPSA) is 95.9 Å². The van der Waals surface area contributed by atoms with Gasteiger partial charge in [0, 0.05) is 12.8 Å². The first-order chi connectivity index (χ1) is 34.5. The summed E-state index contributed by atoms with van der Waals surface area (Å²) < 4.78 is 5.47. The third kappa shape index (κ3) is 55.4. The van der Waals surface area contributed by atoms with Gasteiger partial charge in [0.25, 0.3) is 0 Å². The largest absolute Gasteiger partial charge is 0.466 e. The number of esters is 1. The van der Waals surface area contributed by atoms with Crippen LogP contribution in [0.3, 0.4) is 0 Å². The summed E-state index contributed by atoms with van der Waals surface area (Å²) in [6.07, 6.45) is 74.7. The lowest BCUT2D eigenvalue weighted by Crippen LogP contribution is -2.45.